The Morgan fingerprint density at radius 3 is 2.40 bits per heavy atom. The van der Waals surface area contributed by atoms with E-state index in [1.165, 1.54) is 12.1 Å². The van der Waals surface area contributed by atoms with Crippen LogP contribution < -0.4 is 10.6 Å². The lowest BCUT2D eigenvalue weighted by atomic mass is 10.1. The van der Waals surface area contributed by atoms with Gasteiger partial charge in [0.05, 0.1) is 16.6 Å². The molecule has 0 aliphatic rings. The van der Waals surface area contributed by atoms with Gasteiger partial charge in [-0.2, -0.15) is 11.8 Å². The maximum atomic E-state index is 13.2. The second-order valence-corrected chi connectivity index (χ2v) is 8.46. The molecule has 0 aliphatic carbocycles. The highest BCUT2D eigenvalue weighted by Crippen LogP contribution is 2.18. The van der Waals surface area contributed by atoms with E-state index >= 15 is 0 Å². The third-order valence-electron chi connectivity index (χ3n) is 4.70. The third kappa shape index (κ3) is 7.00. The van der Waals surface area contributed by atoms with Crippen LogP contribution in [0.5, 0.6) is 0 Å². The standard InChI is InChI=1S/C22H27ClFN3O2S/c1-27(2)20(15-8-10-16(24)11-9-15)14-25-22(29)19(12-13-30-3)26-21(28)17-6-4-5-7-18(17)23/h4-11,19-20H,12-14H2,1-3H3,(H,25,29)(H,26,28). The summed E-state index contributed by atoms with van der Waals surface area (Å²) in [5.74, 6) is -0.238. The van der Waals surface area contributed by atoms with Crippen molar-refractivity contribution in [2.75, 3.05) is 32.6 Å². The molecule has 8 heteroatoms. The zero-order valence-corrected chi connectivity index (χ0v) is 18.9. The summed E-state index contributed by atoms with van der Waals surface area (Å²) in [6.07, 6.45) is 2.44. The Hall–Kier alpha value is -2.09. The summed E-state index contributed by atoms with van der Waals surface area (Å²) >= 11 is 7.71. The number of nitrogens with one attached hydrogen (secondary N) is 2. The van der Waals surface area contributed by atoms with Gasteiger partial charge in [-0.1, -0.05) is 35.9 Å². The van der Waals surface area contributed by atoms with Crippen LogP contribution in [0.3, 0.4) is 0 Å². The summed E-state index contributed by atoms with van der Waals surface area (Å²) in [7, 11) is 3.79. The molecule has 0 aliphatic heterocycles. The maximum absolute atomic E-state index is 13.2. The van der Waals surface area contributed by atoms with E-state index in [-0.39, 0.29) is 23.7 Å². The Balaban J connectivity index is 2.07. The van der Waals surface area contributed by atoms with E-state index in [0.717, 1.165) is 11.3 Å². The summed E-state index contributed by atoms with van der Waals surface area (Å²) in [5.41, 5.74) is 1.22. The van der Waals surface area contributed by atoms with Gasteiger partial charge in [0, 0.05) is 6.54 Å². The first-order valence-electron chi connectivity index (χ1n) is 9.57. The van der Waals surface area contributed by atoms with Gasteiger partial charge >= 0.3 is 0 Å². The molecule has 0 saturated heterocycles. The van der Waals surface area contributed by atoms with Gasteiger partial charge < -0.3 is 15.5 Å². The van der Waals surface area contributed by atoms with E-state index in [1.807, 2.05) is 25.3 Å². The molecule has 5 nitrogen and oxygen atoms in total. The number of nitrogens with zero attached hydrogens (tertiary/aromatic N) is 1. The fourth-order valence-electron chi connectivity index (χ4n) is 2.99. The molecule has 2 N–H and O–H groups in total. The average molecular weight is 452 g/mol. The van der Waals surface area contributed by atoms with E-state index in [9.17, 15) is 14.0 Å². The molecule has 30 heavy (non-hydrogen) atoms. The summed E-state index contributed by atoms with van der Waals surface area (Å²) < 4.78 is 13.2. The fraction of sp³-hybridized carbons (Fsp3) is 0.364. The van der Waals surface area contributed by atoms with E-state index in [0.29, 0.717) is 23.6 Å². The molecular weight excluding hydrogens is 425 g/mol. The number of hydrogen-bond acceptors (Lipinski definition) is 4. The van der Waals surface area contributed by atoms with Crippen LogP contribution in [0.2, 0.25) is 5.02 Å². The van der Waals surface area contributed by atoms with Gasteiger partial charge in [-0.05, 0) is 62.4 Å². The Labute approximate surface area is 186 Å². The topological polar surface area (TPSA) is 61.4 Å². The van der Waals surface area contributed by atoms with Gasteiger partial charge in [0.15, 0.2) is 0 Å². The van der Waals surface area contributed by atoms with Gasteiger partial charge in [0.2, 0.25) is 5.91 Å². The van der Waals surface area contributed by atoms with Crippen molar-refractivity contribution in [3.8, 4) is 0 Å². The molecule has 2 atom stereocenters. The maximum Gasteiger partial charge on any atom is 0.253 e. The molecule has 0 aromatic heterocycles. The number of likely N-dealkylation sites (N-methyl/N-ethyl adjacent to an activating group) is 1. The van der Waals surface area contributed by atoms with Gasteiger partial charge in [-0.25, -0.2) is 4.39 Å². The lowest BCUT2D eigenvalue weighted by molar-refractivity contribution is -0.123. The van der Waals surface area contributed by atoms with Gasteiger partial charge in [0.25, 0.3) is 5.91 Å². The zero-order chi connectivity index (χ0) is 22.1. The second-order valence-electron chi connectivity index (χ2n) is 7.06. The largest absolute Gasteiger partial charge is 0.352 e. The van der Waals surface area contributed by atoms with Crippen molar-refractivity contribution in [2.24, 2.45) is 0 Å². The smallest absolute Gasteiger partial charge is 0.253 e. The first-order valence-corrected chi connectivity index (χ1v) is 11.3. The zero-order valence-electron chi connectivity index (χ0n) is 17.3. The highest BCUT2D eigenvalue weighted by atomic mass is 35.5. The molecule has 2 aromatic carbocycles. The summed E-state index contributed by atoms with van der Waals surface area (Å²) in [4.78, 5) is 27.4. The van der Waals surface area contributed by atoms with Crippen LogP contribution in [0.4, 0.5) is 4.39 Å². The van der Waals surface area contributed by atoms with Gasteiger partial charge in [-0.3, -0.25) is 9.59 Å². The quantitative estimate of drug-likeness (QED) is 0.577. The molecule has 0 saturated carbocycles. The van der Waals surface area contributed by atoms with Crippen molar-refractivity contribution >= 4 is 35.2 Å². The SMILES string of the molecule is CSCCC(NC(=O)c1ccccc1Cl)C(=O)NCC(c1ccc(F)cc1)N(C)C. The third-order valence-corrected chi connectivity index (χ3v) is 5.67. The number of amides is 2. The predicted molar refractivity (Wildman–Crippen MR) is 122 cm³/mol. The van der Waals surface area contributed by atoms with E-state index in [1.54, 1.807) is 48.2 Å². The molecule has 2 unspecified atom stereocenters. The minimum Gasteiger partial charge on any atom is -0.352 e. The summed E-state index contributed by atoms with van der Waals surface area (Å²) in [5, 5.41) is 6.06. The number of benzene rings is 2. The van der Waals surface area contributed by atoms with E-state index in [2.05, 4.69) is 10.6 Å². The molecular formula is C22H27ClFN3O2S. The van der Waals surface area contributed by atoms with Crippen molar-refractivity contribution in [1.82, 2.24) is 15.5 Å². The van der Waals surface area contributed by atoms with Crippen molar-refractivity contribution in [2.45, 2.75) is 18.5 Å². The van der Waals surface area contributed by atoms with Crippen molar-refractivity contribution < 1.29 is 14.0 Å². The van der Waals surface area contributed by atoms with Crippen LogP contribution in [-0.4, -0.2) is 55.4 Å². The minimum atomic E-state index is -0.683. The van der Waals surface area contributed by atoms with Crippen LogP contribution >= 0.6 is 23.4 Å². The molecule has 2 amide bonds. The monoisotopic (exact) mass is 451 g/mol. The van der Waals surface area contributed by atoms with Crippen molar-refractivity contribution in [3.05, 3.63) is 70.5 Å². The summed E-state index contributed by atoms with van der Waals surface area (Å²) in [6.45, 7) is 0.329. The number of thioether (sulfide) groups is 1. The first kappa shape index (κ1) is 24.2. The predicted octanol–water partition coefficient (Wildman–Crippen LogP) is 3.75. The molecule has 0 spiro atoms. The van der Waals surface area contributed by atoms with E-state index < -0.39 is 6.04 Å². The van der Waals surface area contributed by atoms with Crippen LogP contribution in [0.25, 0.3) is 0 Å². The molecule has 0 bridgehead atoms. The van der Waals surface area contributed by atoms with Crippen LogP contribution in [0.1, 0.15) is 28.4 Å². The number of halogens is 2. The van der Waals surface area contributed by atoms with Crippen LogP contribution in [0.15, 0.2) is 48.5 Å². The molecule has 162 valence electrons. The number of carbonyl (C=O) groups excluding carboxylic acids is 2. The number of hydrogen-bond donors (Lipinski definition) is 2. The Kier molecular flexibility index (Phi) is 9.62. The second kappa shape index (κ2) is 11.9. The molecule has 0 radical (unpaired) electrons. The highest BCUT2D eigenvalue weighted by molar-refractivity contribution is 7.98. The van der Waals surface area contributed by atoms with Crippen molar-refractivity contribution in [3.63, 3.8) is 0 Å². The molecule has 2 aromatic rings. The Morgan fingerprint density at radius 2 is 1.80 bits per heavy atom. The highest BCUT2D eigenvalue weighted by Gasteiger charge is 2.23. The number of carbonyl (C=O) groups is 2. The lowest BCUT2D eigenvalue weighted by Gasteiger charge is -2.26. The fourth-order valence-corrected chi connectivity index (χ4v) is 3.68. The first-order chi connectivity index (χ1) is 14.3. The van der Waals surface area contributed by atoms with Crippen LogP contribution in [0, 0.1) is 5.82 Å². The summed E-state index contributed by atoms with van der Waals surface area (Å²) in [6, 6.07) is 12.1. The van der Waals surface area contributed by atoms with Gasteiger partial charge in [0.1, 0.15) is 11.9 Å². The molecule has 2 rings (SSSR count). The number of rotatable bonds is 10. The van der Waals surface area contributed by atoms with E-state index in [4.69, 9.17) is 11.6 Å². The van der Waals surface area contributed by atoms with Gasteiger partial charge in [-0.15, -0.1) is 0 Å². The molecule has 0 heterocycles. The Morgan fingerprint density at radius 1 is 1.13 bits per heavy atom. The Bertz CT molecular complexity index is 849. The minimum absolute atomic E-state index is 0.130. The average Bonchev–Trinajstić information content (AvgIpc) is 2.72. The van der Waals surface area contributed by atoms with Crippen molar-refractivity contribution in [1.29, 1.82) is 0 Å². The van der Waals surface area contributed by atoms with Crippen LogP contribution in [-0.2, 0) is 4.79 Å². The molecule has 0 fully saturated rings. The lowest BCUT2D eigenvalue weighted by Crippen LogP contribution is -2.48. The normalized spacial score (nSPS) is 13.0.